The van der Waals surface area contributed by atoms with E-state index in [-0.39, 0.29) is 11.8 Å². The first-order chi connectivity index (χ1) is 11.6. The molecule has 1 aromatic carbocycles. The van der Waals surface area contributed by atoms with E-state index < -0.39 is 0 Å². The van der Waals surface area contributed by atoms with Gasteiger partial charge in [-0.15, -0.1) is 0 Å². The highest BCUT2D eigenvalue weighted by molar-refractivity contribution is 5.92. The fourth-order valence-electron chi connectivity index (χ4n) is 2.85. The van der Waals surface area contributed by atoms with Crippen LogP contribution >= 0.6 is 0 Å². The standard InChI is InChI=1S/C18H21N5O/c1-3-12-9-20-17-16(12)18(22-10-21-17)23-14-6-4-13(5-7-14)11(2)8-15(19)24/h4-7,9-11H,3,8H2,1-2H3,(H2,19,24)(H2,20,21,22,23). The summed E-state index contributed by atoms with van der Waals surface area (Å²) in [5.74, 6) is 0.613. The molecule has 0 aliphatic rings. The monoisotopic (exact) mass is 323 g/mol. The van der Waals surface area contributed by atoms with Gasteiger partial charge in [-0.3, -0.25) is 4.79 Å². The minimum atomic E-state index is -0.285. The molecular weight excluding hydrogens is 302 g/mol. The van der Waals surface area contributed by atoms with E-state index in [9.17, 15) is 4.79 Å². The number of carbonyl (C=O) groups excluding carboxylic acids is 1. The molecule has 24 heavy (non-hydrogen) atoms. The minimum absolute atomic E-state index is 0.110. The number of aromatic amines is 1. The summed E-state index contributed by atoms with van der Waals surface area (Å²) >= 11 is 0. The van der Waals surface area contributed by atoms with Crippen LogP contribution in [0.4, 0.5) is 11.5 Å². The Bertz CT molecular complexity index is 853. The average Bonchev–Trinajstić information content (AvgIpc) is 2.99. The van der Waals surface area contributed by atoms with Gasteiger partial charge in [0, 0.05) is 18.3 Å². The largest absolute Gasteiger partial charge is 0.370 e. The molecule has 2 heterocycles. The lowest BCUT2D eigenvalue weighted by Crippen LogP contribution is -2.13. The lowest BCUT2D eigenvalue weighted by Gasteiger charge is -2.12. The van der Waals surface area contributed by atoms with Gasteiger partial charge >= 0.3 is 0 Å². The number of carbonyl (C=O) groups is 1. The fraction of sp³-hybridized carbons (Fsp3) is 0.278. The molecule has 0 saturated carbocycles. The van der Waals surface area contributed by atoms with Gasteiger partial charge in [-0.1, -0.05) is 26.0 Å². The van der Waals surface area contributed by atoms with Crippen molar-refractivity contribution in [3.05, 3.63) is 47.9 Å². The van der Waals surface area contributed by atoms with E-state index in [1.165, 1.54) is 5.56 Å². The van der Waals surface area contributed by atoms with Gasteiger partial charge in [0.15, 0.2) is 0 Å². The molecule has 0 spiro atoms. The molecule has 0 fully saturated rings. The van der Waals surface area contributed by atoms with E-state index in [1.54, 1.807) is 6.33 Å². The molecule has 1 amide bonds. The first kappa shape index (κ1) is 16.0. The van der Waals surface area contributed by atoms with Crippen LogP contribution in [0.1, 0.15) is 37.3 Å². The third kappa shape index (κ3) is 3.22. The number of rotatable bonds is 6. The van der Waals surface area contributed by atoms with Gasteiger partial charge in [0.05, 0.1) is 5.39 Å². The quantitative estimate of drug-likeness (QED) is 0.648. The van der Waals surface area contributed by atoms with E-state index in [1.807, 2.05) is 37.4 Å². The number of benzene rings is 1. The SMILES string of the molecule is CCc1c[nH]c2ncnc(Nc3ccc(C(C)CC(N)=O)cc3)c12. The fourth-order valence-corrected chi connectivity index (χ4v) is 2.85. The zero-order valence-electron chi connectivity index (χ0n) is 13.8. The van der Waals surface area contributed by atoms with Gasteiger partial charge in [-0.2, -0.15) is 0 Å². The summed E-state index contributed by atoms with van der Waals surface area (Å²) in [6.07, 6.45) is 4.77. The maximum absolute atomic E-state index is 11.0. The summed E-state index contributed by atoms with van der Waals surface area (Å²) in [7, 11) is 0. The molecule has 124 valence electrons. The van der Waals surface area contributed by atoms with Crippen LogP contribution in [0.25, 0.3) is 11.0 Å². The predicted molar refractivity (Wildman–Crippen MR) is 95.2 cm³/mol. The molecule has 6 heteroatoms. The number of primary amides is 1. The van der Waals surface area contributed by atoms with E-state index in [0.717, 1.165) is 34.5 Å². The van der Waals surface area contributed by atoms with Crippen LogP contribution in [0.2, 0.25) is 0 Å². The lowest BCUT2D eigenvalue weighted by atomic mass is 9.97. The van der Waals surface area contributed by atoms with Crippen molar-refractivity contribution < 1.29 is 4.79 Å². The van der Waals surface area contributed by atoms with E-state index in [4.69, 9.17) is 5.73 Å². The Labute approximate surface area is 140 Å². The zero-order chi connectivity index (χ0) is 17.1. The van der Waals surface area contributed by atoms with Crippen molar-refractivity contribution in [1.29, 1.82) is 0 Å². The number of fused-ring (bicyclic) bond motifs is 1. The van der Waals surface area contributed by atoms with Gasteiger partial charge in [-0.05, 0) is 35.6 Å². The summed E-state index contributed by atoms with van der Waals surface area (Å²) in [5.41, 5.74) is 9.30. The smallest absolute Gasteiger partial charge is 0.218 e. The van der Waals surface area contributed by atoms with Gasteiger partial charge in [0.2, 0.25) is 5.91 Å². The van der Waals surface area contributed by atoms with Crippen molar-refractivity contribution in [2.75, 3.05) is 5.32 Å². The number of anilines is 2. The highest BCUT2D eigenvalue weighted by Crippen LogP contribution is 2.27. The molecule has 0 saturated heterocycles. The van der Waals surface area contributed by atoms with Gasteiger partial charge in [0.1, 0.15) is 17.8 Å². The number of amides is 1. The summed E-state index contributed by atoms with van der Waals surface area (Å²) < 4.78 is 0. The van der Waals surface area contributed by atoms with E-state index in [2.05, 4.69) is 27.2 Å². The second kappa shape index (κ2) is 6.70. The molecule has 2 aromatic heterocycles. The van der Waals surface area contributed by atoms with Crippen molar-refractivity contribution in [2.24, 2.45) is 5.73 Å². The molecule has 0 bridgehead atoms. The van der Waals surface area contributed by atoms with Crippen LogP contribution in [0.15, 0.2) is 36.8 Å². The molecule has 0 radical (unpaired) electrons. The Morgan fingerprint density at radius 2 is 2.04 bits per heavy atom. The van der Waals surface area contributed by atoms with Gasteiger partial charge < -0.3 is 16.0 Å². The summed E-state index contributed by atoms with van der Waals surface area (Å²) in [5, 5.41) is 4.37. The Morgan fingerprint density at radius 1 is 1.29 bits per heavy atom. The molecule has 3 rings (SSSR count). The van der Waals surface area contributed by atoms with Crippen LogP contribution in [-0.4, -0.2) is 20.9 Å². The maximum Gasteiger partial charge on any atom is 0.218 e. The van der Waals surface area contributed by atoms with Crippen molar-refractivity contribution in [1.82, 2.24) is 15.0 Å². The topological polar surface area (TPSA) is 96.7 Å². The van der Waals surface area contributed by atoms with Crippen molar-refractivity contribution in [3.8, 4) is 0 Å². The second-order valence-electron chi connectivity index (χ2n) is 5.93. The summed E-state index contributed by atoms with van der Waals surface area (Å²) in [4.78, 5) is 22.9. The minimum Gasteiger partial charge on any atom is -0.370 e. The predicted octanol–water partition coefficient (Wildman–Crippen LogP) is 3.24. The molecular formula is C18H21N5O. The summed E-state index contributed by atoms with van der Waals surface area (Å²) in [6, 6.07) is 7.98. The molecule has 4 N–H and O–H groups in total. The maximum atomic E-state index is 11.0. The number of nitrogens with two attached hydrogens (primary N) is 1. The molecule has 1 atom stereocenters. The Morgan fingerprint density at radius 3 is 2.71 bits per heavy atom. The first-order valence-electron chi connectivity index (χ1n) is 8.04. The number of H-pyrrole nitrogens is 1. The third-order valence-electron chi connectivity index (χ3n) is 4.18. The van der Waals surface area contributed by atoms with Gasteiger partial charge in [0.25, 0.3) is 0 Å². The first-order valence-corrected chi connectivity index (χ1v) is 8.04. The summed E-state index contributed by atoms with van der Waals surface area (Å²) in [6.45, 7) is 4.10. The third-order valence-corrected chi connectivity index (χ3v) is 4.18. The number of nitrogens with one attached hydrogen (secondary N) is 2. The van der Waals surface area contributed by atoms with Crippen molar-refractivity contribution >= 4 is 28.4 Å². The zero-order valence-corrected chi connectivity index (χ0v) is 13.8. The highest BCUT2D eigenvalue weighted by atomic mass is 16.1. The normalized spacial score (nSPS) is 12.2. The Hall–Kier alpha value is -2.89. The van der Waals surface area contributed by atoms with Crippen LogP contribution < -0.4 is 11.1 Å². The highest BCUT2D eigenvalue weighted by Gasteiger charge is 2.11. The van der Waals surface area contributed by atoms with Gasteiger partial charge in [-0.25, -0.2) is 9.97 Å². The second-order valence-corrected chi connectivity index (χ2v) is 5.93. The Kier molecular flexibility index (Phi) is 4.46. The van der Waals surface area contributed by atoms with Crippen LogP contribution in [0.5, 0.6) is 0 Å². The van der Waals surface area contributed by atoms with Crippen LogP contribution in [0.3, 0.4) is 0 Å². The Balaban J connectivity index is 1.84. The van der Waals surface area contributed by atoms with Crippen LogP contribution in [0, 0.1) is 0 Å². The molecule has 1 unspecified atom stereocenters. The van der Waals surface area contributed by atoms with E-state index in [0.29, 0.717) is 6.42 Å². The number of hydrogen-bond donors (Lipinski definition) is 3. The molecule has 6 nitrogen and oxygen atoms in total. The molecule has 0 aliphatic heterocycles. The van der Waals surface area contributed by atoms with Crippen LogP contribution in [-0.2, 0) is 11.2 Å². The number of aryl methyl sites for hydroxylation is 1. The lowest BCUT2D eigenvalue weighted by molar-refractivity contribution is -0.118. The van der Waals surface area contributed by atoms with E-state index >= 15 is 0 Å². The molecule has 3 aromatic rings. The number of aromatic nitrogens is 3. The molecule has 0 aliphatic carbocycles. The van der Waals surface area contributed by atoms with Crippen molar-refractivity contribution in [3.63, 3.8) is 0 Å². The average molecular weight is 323 g/mol. The number of nitrogens with zero attached hydrogens (tertiary/aromatic N) is 2. The number of hydrogen-bond acceptors (Lipinski definition) is 4. The van der Waals surface area contributed by atoms with Crippen molar-refractivity contribution in [2.45, 2.75) is 32.6 Å².